The minimum absolute atomic E-state index is 0.0902. The van der Waals surface area contributed by atoms with Gasteiger partial charge < -0.3 is 4.90 Å². The molecule has 0 radical (unpaired) electrons. The predicted molar refractivity (Wildman–Crippen MR) is 115 cm³/mol. The lowest BCUT2D eigenvalue weighted by Gasteiger charge is -2.54. The molecule has 2 aromatic rings. The number of amides is 1. The molecule has 156 valence electrons. The summed E-state index contributed by atoms with van der Waals surface area (Å²) in [4.78, 5) is 22.6. The number of carbonyl (C=O) groups is 1. The van der Waals surface area contributed by atoms with Crippen molar-refractivity contribution >= 4 is 5.91 Å². The first kappa shape index (κ1) is 18.3. The molecule has 6 rings (SSSR count). The van der Waals surface area contributed by atoms with Gasteiger partial charge in [-0.3, -0.25) is 19.8 Å². The fourth-order valence-electron chi connectivity index (χ4n) is 6.45. The van der Waals surface area contributed by atoms with Crippen LogP contribution in [0.1, 0.15) is 49.0 Å². The number of pyridine rings is 1. The van der Waals surface area contributed by atoms with E-state index < -0.39 is 0 Å². The summed E-state index contributed by atoms with van der Waals surface area (Å²) >= 11 is 0. The number of nitrogens with zero attached hydrogens (tertiary/aromatic N) is 4. The van der Waals surface area contributed by atoms with Gasteiger partial charge in [-0.05, 0) is 68.7 Å². The Hall–Kier alpha value is -2.47. The quantitative estimate of drug-likeness (QED) is 0.780. The molecule has 0 aromatic carbocycles. The minimum atomic E-state index is 0.0902. The molecule has 30 heavy (non-hydrogen) atoms. The van der Waals surface area contributed by atoms with E-state index in [1.54, 1.807) is 12.4 Å². The lowest BCUT2D eigenvalue weighted by atomic mass is 9.68. The van der Waals surface area contributed by atoms with Crippen molar-refractivity contribution in [3.63, 3.8) is 0 Å². The highest BCUT2D eigenvalue weighted by Crippen LogP contribution is 2.45. The first-order valence-corrected chi connectivity index (χ1v) is 11.5. The van der Waals surface area contributed by atoms with Crippen LogP contribution in [0.3, 0.4) is 0 Å². The van der Waals surface area contributed by atoms with Gasteiger partial charge in [0.25, 0.3) is 5.91 Å². The first-order chi connectivity index (χ1) is 14.8. The van der Waals surface area contributed by atoms with Gasteiger partial charge in [-0.25, -0.2) is 0 Å². The summed E-state index contributed by atoms with van der Waals surface area (Å²) in [6, 6.07) is 6.74. The number of nitrogens with one attached hydrogen (secondary N) is 1. The Bertz CT molecular complexity index is 967. The second-order valence-corrected chi connectivity index (χ2v) is 9.41. The third-order valence-corrected chi connectivity index (χ3v) is 7.68. The summed E-state index contributed by atoms with van der Waals surface area (Å²) in [6.45, 7) is 3.22. The van der Waals surface area contributed by atoms with Crippen LogP contribution in [0.5, 0.6) is 0 Å². The van der Waals surface area contributed by atoms with E-state index in [4.69, 9.17) is 0 Å². The summed E-state index contributed by atoms with van der Waals surface area (Å²) in [7, 11) is 0. The Kier molecular flexibility index (Phi) is 4.48. The van der Waals surface area contributed by atoms with Crippen LogP contribution >= 0.6 is 0 Å². The van der Waals surface area contributed by atoms with Gasteiger partial charge in [-0.15, -0.1) is 0 Å². The monoisotopic (exact) mass is 403 g/mol. The van der Waals surface area contributed by atoms with Crippen molar-refractivity contribution in [2.24, 2.45) is 11.8 Å². The molecule has 2 bridgehead atoms. The minimum Gasteiger partial charge on any atom is -0.330 e. The van der Waals surface area contributed by atoms with Crippen LogP contribution in [0, 0.1) is 11.8 Å². The zero-order valence-electron chi connectivity index (χ0n) is 17.3. The van der Waals surface area contributed by atoms with Gasteiger partial charge in [0.2, 0.25) is 0 Å². The van der Waals surface area contributed by atoms with Crippen LogP contribution < -0.4 is 0 Å². The van der Waals surface area contributed by atoms with E-state index in [1.165, 1.54) is 37.8 Å². The van der Waals surface area contributed by atoms with Gasteiger partial charge in [-0.2, -0.15) is 5.10 Å². The van der Waals surface area contributed by atoms with Crippen LogP contribution in [0.25, 0.3) is 11.3 Å². The number of H-pyrrole nitrogens is 1. The number of likely N-dealkylation sites (tertiary alicyclic amines) is 1. The molecule has 1 N–H and O–H groups in total. The van der Waals surface area contributed by atoms with Crippen molar-refractivity contribution in [1.29, 1.82) is 0 Å². The van der Waals surface area contributed by atoms with E-state index in [1.807, 2.05) is 18.2 Å². The molecule has 4 aliphatic rings. The summed E-state index contributed by atoms with van der Waals surface area (Å²) in [5.74, 6) is 1.34. The number of aromatic amines is 1. The van der Waals surface area contributed by atoms with E-state index in [0.717, 1.165) is 43.2 Å². The van der Waals surface area contributed by atoms with Gasteiger partial charge >= 0.3 is 0 Å². The molecular formula is C24H29N5O. The van der Waals surface area contributed by atoms with Crippen molar-refractivity contribution < 1.29 is 4.79 Å². The largest absolute Gasteiger partial charge is 0.330 e. The summed E-state index contributed by atoms with van der Waals surface area (Å²) in [5, 5.41) is 7.39. The molecule has 5 heterocycles. The molecule has 2 aromatic heterocycles. The van der Waals surface area contributed by atoms with Crippen LogP contribution in [0.2, 0.25) is 0 Å². The first-order valence-electron chi connectivity index (χ1n) is 11.5. The fraction of sp³-hybridized carbons (Fsp3) is 0.542. The molecule has 3 saturated heterocycles. The smallest absolute Gasteiger partial charge is 0.272 e. The van der Waals surface area contributed by atoms with Crippen LogP contribution in [0.4, 0.5) is 0 Å². The van der Waals surface area contributed by atoms with Gasteiger partial charge in [0.1, 0.15) is 5.69 Å². The lowest BCUT2D eigenvalue weighted by Crippen LogP contribution is -2.60. The standard InChI is InChI=1S/C24H29N5O/c30-24(21-13-20(26-27-21)17-5-3-8-25-14-17)29-10-4-6-16-11-18-12-19(23(16)29)15-28-9-2-1-7-22(18)28/h3,5,8,11,13-14,18-19,22-23H,1-2,4,6-7,9-10,12,15H2,(H,26,27)/t18-,19+,22+,23-/m0/s1. The highest BCUT2D eigenvalue weighted by atomic mass is 16.2. The second kappa shape index (κ2) is 7.34. The molecule has 3 fully saturated rings. The van der Waals surface area contributed by atoms with Gasteiger partial charge in [0, 0.05) is 37.1 Å². The summed E-state index contributed by atoms with van der Waals surface area (Å²) in [5.41, 5.74) is 3.81. The molecule has 1 aliphatic carbocycles. The van der Waals surface area contributed by atoms with E-state index in [2.05, 4.69) is 31.1 Å². The maximum absolute atomic E-state index is 13.5. The maximum Gasteiger partial charge on any atom is 0.272 e. The van der Waals surface area contributed by atoms with Gasteiger partial charge in [0.05, 0.1) is 11.7 Å². The Morgan fingerprint density at radius 2 is 2.17 bits per heavy atom. The highest BCUT2D eigenvalue weighted by Gasteiger charge is 2.47. The molecule has 0 spiro atoms. The number of hydrogen-bond acceptors (Lipinski definition) is 4. The Morgan fingerprint density at radius 3 is 3.07 bits per heavy atom. The normalized spacial score (nSPS) is 30.9. The summed E-state index contributed by atoms with van der Waals surface area (Å²) < 4.78 is 0. The van der Waals surface area contributed by atoms with E-state index in [-0.39, 0.29) is 11.9 Å². The van der Waals surface area contributed by atoms with Crippen LogP contribution in [0.15, 0.2) is 42.2 Å². The molecule has 0 unspecified atom stereocenters. The third-order valence-electron chi connectivity index (χ3n) is 7.68. The topological polar surface area (TPSA) is 65.1 Å². The molecule has 1 amide bonds. The predicted octanol–water partition coefficient (Wildman–Crippen LogP) is 3.51. The van der Waals surface area contributed by atoms with Crippen molar-refractivity contribution in [1.82, 2.24) is 25.0 Å². The average molecular weight is 404 g/mol. The van der Waals surface area contributed by atoms with E-state index >= 15 is 0 Å². The molecular weight excluding hydrogens is 374 g/mol. The van der Waals surface area contributed by atoms with Crippen molar-refractivity contribution in [2.75, 3.05) is 19.6 Å². The molecule has 4 atom stereocenters. The number of aromatic nitrogens is 3. The number of rotatable bonds is 2. The third kappa shape index (κ3) is 3.00. The molecule has 0 saturated carbocycles. The second-order valence-electron chi connectivity index (χ2n) is 9.41. The van der Waals surface area contributed by atoms with Gasteiger partial charge in [-0.1, -0.05) is 18.1 Å². The summed E-state index contributed by atoms with van der Waals surface area (Å²) in [6.07, 6.45) is 13.6. The van der Waals surface area contributed by atoms with Crippen molar-refractivity contribution in [3.8, 4) is 11.3 Å². The number of piperidine rings is 3. The van der Waals surface area contributed by atoms with Crippen LogP contribution in [-0.4, -0.2) is 62.6 Å². The zero-order chi connectivity index (χ0) is 20.1. The Balaban J connectivity index is 1.28. The Morgan fingerprint density at radius 1 is 1.20 bits per heavy atom. The van der Waals surface area contributed by atoms with E-state index in [0.29, 0.717) is 17.5 Å². The number of fused-ring (bicyclic) bond motifs is 6. The lowest BCUT2D eigenvalue weighted by molar-refractivity contribution is 0.00131. The maximum atomic E-state index is 13.5. The highest BCUT2D eigenvalue weighted by molar-refractivity contribution is 5.94. The number of hydrogen-bond donors (Lipinski definition) is 1. The van der Waals surface area contributed by atoms with Gasteiger partial charge in [0.15, 0.2) is 0 Å². The SMILES string of the molecule is O=C(c1cc(-c2cccnc2)n[nH]1)N1CCCC2=C[C@H]3C[C@H](CN4CCCC[C@H]34)[C@H]21. The van der Waals surface area contributed by atoms with Crippen molar-refractivity contribution in [2.45, 2.75) is 50.6 Å². The fourth-order valence-corrected chi connectivity index (χ4v) is 6.45. The molecule has 3 aliphatic heterocycles. The number of carbonyl (C=O) groups excluding carboxylic acids is 1. The molecule has 6 heteroatoms. The van der Waals surface area contributed by atoms with E-state index in [9.17, 15) is 4.79 Å². The van der Waals surface area contributed by atoms with Crippen molar-refractivity contribution in [3.05, 3.63) is 47.9 Å². The van der Waals surface area contributed by atoms with Crippen LogP contribution in [-0.2, 0) is 0 Å². The zero-order valence-corrected chi connectivity index (χ0v) is 17.3. The average Bonchev–Trinajstić information content (AvgIpc) is 3.29. The molecule has 6 nitrogen and oxygen atoms in total. The Labute approximate surface area is 177 Å².